The third-order valence-electron chi connectivity index (χ3n) is 1.52. The van der Waals surface area contributed by atoms with Gasteiger partial charge in [-0.05, 0) is 13.0 Å². The summed E-state index contributed by atoms with van der Waals surface area (Å²) in [6.07, 6.45) is 4.09. The fraction of sp³-hybridized carbons (Fsp3) is 0.375. The first-order chi connectivity index (χ1) is 5.36. The second-order valence-corrected chi connectivity index (χ2v) is 2.30. The van der Waals surface area contributed by atoms with Crippen LogP contribution in [0.1, 0.15) is 12.5 Å². The summed E-state index contributed by atoms with van der Waals surface area (Å²) in [7, 11) is 0. The molecule has 0 aliphatic heterocycles. The molecule has 60 valence electrons. The summed E-state index contributed by atoms with van der Waals surface area (Å²) < 4.78 is 4.86. The van der Waals surface area contributed by atoms with Crippen LogP contribution in [0.2, 0.25) is 0 Å². The van der Waals surface area contributed by atoms with Crippen LogP contribution >= 0.6 is 0 Å². The van der Waals surface area contributed by atoms with E-state index < -0.39 is 0 Å². The number of amides is 1. The van der Waals surface area contributed by atoms with Gasteiger partial charge in [0.15, 0.2) is 0 Å². The Labute approximate surface area is 65.6 Å². The normalized spacial score (nSPS) is 9.55. The average Bonchev–Trinajstić information content (AvgIpc) is 2.52. The second kappa shape index (κ2) is 3.81. The van der Waals surface area contributed by atoms with E-state index in [1.165, 1.54) is 0 Å². The van der Waals surface area contributed by atoms with Crippen molar-refractivity contribution in [2.24, 2.45) is 0 Å². The maximum absolute atomic E-state index is 10.4. The molecule has 0 aliphatic carbocycles. The van der Waals surface area contributed by atoms with Crippen molar-refractivity contribution in [3.05, 3.63) is 24.2 Å². The van der Waals surface area contributed by atoms with E-state index >= 15 is 0 Å². The molecule has 0 bridgehead atoms. The number of carbonyl (C=O) groups is 1. The summed E-state index contributed by atoms with van der Waals surface area (Å²) in [5, 5.41) is 0. The average molecular weight is 153 g/mol. The lowest BCUT2D eigenvalue weighted by Gasteiger charge is -2.12. The highest BCUT2D eigenvalue weighted by Gasteiger charge is 1.99. The van der Waals surface area contributed by atoms with Gasteiger partial charge in [-0.3, -0.25) is 4.79 Å². The molecule has 1 aromatic rings. The van der Waals surface area contributed by atoms with Gasteiger partial charge in [0.05, 0.1) is 12.5 Å². The number of carbonyl (C=O) groups excluding carboxylic acids is 1. The van der Waals surface area contributed by atoms with Crippen LogP contribution in [0.5, 0.6) is 0 Å². The quantitative estimate of drug-likeness (QED) is 0.610. The number of nitrogens with zero attached hydrogens (tertiary/aromatic N) is 1. The molecule has 1 amide bonds. The third-order valence-corrected chi connectivity index (χ3v) is 1.52. The molecule has 0 saturated heterocycles. The molecule has 1 rings (SSSR count). The predicted octanol–water partition coefficient (Wildman–Crippen LogP) is 1.26. The Balaban J connectivity index is 2.47. The SMILES string of the molecule is CCN(C=O)Cc1ccoc1. The molecule has 0 aliphatic rings. The molecule has 3 heteroatoms. The molecule has 0 saturated carbocycles. The van der Waals surface area contributed by atoms with Gasteiger partial charge in [-0.1, -0.05) is 0 Å². The predicted molar refractivity (Wildman–Crippen MR) is 40.9 cm³/mol. The molecule has 1 heterocycles. The van der Waals surface area contributed by atoms with Gasteiger partial charge in [0.1, 0.15) is 0 Å². The smallest absolute Gasteiger partial charge is 0.209 e. The van der Waals surface area contributed by atoms with Gasteiger partial charge in [0, 0.05) is 18.7 Å². The molecule has 0 radical (unpaired) electrons. The maximum Gasteiger partial charge on any atom is 0.209 e. The molecule has 0 aromatic carbocycles. The van der Waals surface area contributed by atoms with E-state index in [0.717, 1.165) is 18.5 Å². The van der Waals surface area contributed by atoms with E-state index in [2.05, 4.69) is 0 Å². The lowest BCUT2D eigenvalue weighted by Crippen LogP contribution is -2.20. The highest BCUT2D eigenvalue weighted by molar-refractivity contribution is 5.47. The van der Waals surface area contributed by atoms with Crippen molar-refractivity contribution in [2.45, 2.75) is 13.5 Å². The molecule has 0 unspecified atom stereocenters. The number of hydrogen-bond acceptors (Lipinski definition) is 2. The Morgan fingerprint density at radius 2 is 2.55 bits per heavy atom. The van der Waals surface area contributed by atoms with Crippen LogP contribution in [0.3, 0.4) is 0 Å². The van der Waals surface area contributed by atoms with Crippen molar-refractivity contribution in [1.82, 2.24) is 4.90 Å². The van der Waals surface area contributed by atoms with Crippen LogP contribution in [0.4, 0.5) is 0 Å². The van der Waals surface area contributed by atoms with E-state index in [9.17, 15) is 4.79 Å². The summed E-state index contributed by atoms with van der Waals surface area (Å²) in [6.45, 7) is 3.31. The van der Waals surface area contributed by atoms with E-state index in [0.29, 0.717) is 6.54 Å². The van der Waals surface area contributed by atoms with Crippen LogP contribution in [0, 0.1) is 0 Å². The Bertz CT molecular complexity index is 206. The van der Waals surface area contributed by atoms with Crippen LogP contribution in [-0.4, -0.2) is 17.9 Å². The van der Waals surface area contributed by atoms with Gasteiger partial charge in [-0.25, -0.2) is 0 Å². The minimum absolute atomic E-state index is 0.635. The van der Waals surface area contributed by atoms with Crippen LogP contribution in [-0.2, 0) is 11.3 Å². The Kier molecular flexibility index (Phi) is 2.72. The zero-order valence-electron chi connectivity index (χ0n) is 6.49. The van der Waals surface area contributed by atoms with Crippen molar-refractivity contribution in [1.29, 1.82) is 0 Å². The van der Waals surface area contributed by atoms with Crippen molar-refractivity contribution in [3.63, 3.8) is 0 Å². The minimum atomic E-state index is 0.635. The van der Waals surface area contributed by atoms with Gasteiger partial charge in [-0.2, -0.15) is 0 Å². The lowest BCUT2D eigenvalue weighted by atomic mass is 10.3. The van der Waals surface area contributed by atoms with Gasteiger partial charge in [0.25, 0.3) is 0 Å². The molecule has 0 fully saturated rings. The number of furan rings is 1. The van der Waals surface area contributed by atoms with E-state index in [1.807, 2.05) is 13.0 Å². The van der Waals surface area contributed by atoms with Crippen molar-refractivity contribution in [2.75, 3.05) is 6.54 Å². The van der Waals surface area contributed by atoms with Gasteiger partial charge in [-0.15, -0.1) is 0 Å². The molecule has 0 N–H and O–H groups in total. The zero-order chi connectivity index (χ0) is 8.10. The van der Waals surface area contributed by atoms with Crippen LogP contribution < -0.4 is 0 Å². The standard InChI is InChI=1S/C8H11NO2/c1-2-9(7-10)5-8-3-4-11-6-8/h3-4,6-7H,2,5H2,1H3. The third kappa shape index (κ3) is 2.11. The fourth-order valence-corrected chi connectivity index (χ4v) is 0.841. The molecular formula is C8H11NO2. The van der Waals surface area contributed by atoms with Crippen molar-refractivity contribution < 1.29 is 9.21 Å². The topological polar surface area (TPSA) is 33.5 Å². The molecule has 0 spiro atoms. The number of hydrogen-bond donors (Lipinski definition) is 0. The summed E-state index contributed by atoms with van der Waals surface area (Å²) in [6, 6.07) is 1.85. The first kappa shape index (κ1) is 7.85. The van der Waals surface area contributed by atoms with Gasteiger partial charge < -0.3 is 9.32 Å². The largest absolute Gasteiger partial charge is 0.472 e. The molecule has 11 heavy (non-hydrogen) atoms. The van der Waals surface area contributed by atoms with E-state index in [1.54, 1.807) is 17.4 Å². The van der Waals surface area contributed by atoms with Crippen molar-refractivity contribution >= 4 is 6.41 Å². The fourth-order valence-electron chi connectivity index (χ4n) is 0.841. The molecule has 0 atom stereocenters. The summed E-state index contributed by atoms with van der Waals surface area (Å²) in [4.78, 5) is 12.0. The Hall–Kier alpha value is -1.25. The monoisotopic (exact) mass is 153 g/mol. The molecule has 1 aromatic heterocycles. The minimum Gasteiger partial charge on any atom is -0.472 e. The highest BCUT2D eigenvalue weighted by Crippen LogP contribution is 2.02. The molecular weight excluding hydrogens is 142 g/mol. The highest BCUT2D eigenvalue weighted by atomic mass is 16.3. The maximum atomic E-state index is 10.4. The lowest BCUT2D eigenvalue weighted by molar-refractivity contribution is -0.118. The van der Waals surface area contributed by atoms with E-state index in [4.69, 9.17) is 4.42 Å². The Morgan fingerprint density at radius 1 is 1.73 bits per heavy atom. The van der Waals surface area contributed by atoms with Crippen molar-refractivity contribution in [3.8, 4) is 0 Å². The summed E-state index contributed by atoms with van der Waals surface area (Å²) >= 11 is 0. The van der Waals surface area contributed by atoms with E-state index in [-0.39, 0.29) is 0 Å². The second-order valence-electron chi connectivity index (χ2n) is 2.30. The first-order valence-corrected chi connectivity index (χ1v) is 3.57. The molecule has 3 nitrogen and oxygen atoms in total. The van der Waals surface area contributed by atoms with Gasteiger partial charge in [0.2, 0.25) is 6.41 Å². The first-order valence-electron chi connectivity index (χ1n) is 3.57. The summed E-state index contributed by atoms with van der Waals surface area (Å²) in [5.41, 5.74) is 1.03. The van der Waals surface area contributed by atoms with Crippen LogP contribution in [0.15, 0.2) is 23.0 Å². The Morgan fingerprint density at radius 3 is 3.00 bits per heavy atom. The number of rotatable bonds is 4. The summed E-state index contributed by atoms with van der Waals surface area (Å²) in [5.74, 6) is 0. The van der Waals surface area contributed by atoms with Gasteiger partial charge >= 0.3 is 0 Å². The zero-order valence-corrected chi connectivity index (χ0v) is 6.49. The van der Waals surface area contributed by atoms with Crippen LogP contribution in [0.25, 0.3) is 0 Å².